The Kier molecular flexibility index (Phi) is 6.89. The van der Waals surface area contributed by atoms with Gasteiger partial charge in [0.1, 0.15) is 5.60 Å². The molecule has 1 aromatic carbocycles. The quantitative estimate of drug-likeness (QED) is 0.470. The van der Waals surface area contributed by atoms with Crippen molar-refractivity contribution in [3.63, 3.8) is 0 Å². The van der Waals surface area contributed by atoms with Crippen molar-refractivity contribution in [1.82, 2.24) is 0 Å². The number of aryl methyl sites for hydroxylation is 1. The van der Waals surface area contributed by atoms with Crippen molar-refractivity contribution in [2.45, 2.75) is 47.1 Å². The normalized spacial score (nSPS) is 12.8. The number of carbonyl (C=O) groups is 2. The number of esters is 1. The zero-order valence-electron chi connectivity index (χ0n) is 15.2. The van der Waals surface area contributed by atoms with Crippen LogP contribution >= 0.6 is 0 Å². The second-order valence-electron chi connectivity index (χ2n) is 6.23. The number of hydrogen-bond acceptors (Lipinski definition) is 4. The van der Waals surface area contributed by atoms with Gasteiger partial charge in [-0.3, -0.25) is 0 Å². The van der Waals surface area contributed by atoms with Gasteiger partial charge in [-0.05, 0) is 41.5 Å². The fourth-order valence-electron chi connectivity index (χ4n) is 1.93. The van der Waals surface area contributed by atoms with E-state index in [0.29, 0.717) is 5.56 Å². The molecule has 130 valence electrons. The van der Waals surface area contributed by atoms with Crippen LogP contribution in [0.15, 0.2) is 40.9 Å². The van der Waals surface area contributed by atoms with Crippen LogP contribution in [0.4, 0.5) is 4.79 Å². The van der Waals surface area contributed by atoms with E-state index in [9.17, 15) is 9.59 Å². The molecule has 0 N–H and O–H groups in total. The first-order chi connectivity index (χ1) is 11.2. The molecular weight excluding hydrogens is 306 g/mol. The summed E-state index contributed by atoms with van der Waals surface area (Å²) in [6.07, 6.45) is 0.836. The number of allylic oxidation sites excluding steroid dienone is 1. The molecule has 0 saturated heterocycles. The van der Waals surface area contributed by atoms with Crippen molar-refractivity contribution in [1.29, 1.82) is 0 Å². The van der Waals surface area contributed by atoms with Gasteiger partial charge in [0, 0.05) is 5.56 Å². The summed E-state index contributed by atoms with van der Waals surface area (Å²) in [4.78, 5) is 28.3. The van der Waals surface area contributed by atoms with Crippen LogP contribution in [0.2, 0.25) is 0 Å². The maximum absolute atomic E-state index is 12.2. The third kappa shape index (κ3) is 5.99. The topological polar surface area (TPSA) is 65.0 Å². The maximum Gasteiger partial charge on any atom is 0.434 e. The van der Waals surface area contributed by atoms with E-state index in [0.717, 1.165) is 5.56 Å². The van der Waals surface area contributed by atoms with E-state index in [2.05, 4.69) is 4.99 Å². The van der Waals surface area contributed by atoms with Crippen LogP contribution in [0.25, 0.3) is 0 Å². The van der Waals surface area contributed by atoms with Crippen LogP contribution in [0.3, 0.4) is 0 Å². The van der Waals surface area contributed by atoms with Crippen molar-refractivity contribution >= 4 is 17.8 Å². The molecule has 0 aromatic heterocycles. The Balaban J connectivity index is 3.33. The number of aliphatic imine (C=N–C) groups is 1. The Labute approximate surface area is 143 Å². The molecule has 0 saturated carbocycles. The molecule has 0 bridgehead atoms. The van der Waals surface area contributed by atoms with Crippen molar-refractivity contribution in [3.05, 3.63) is 47.0 Å². The number of benzene rings is 1. The summed E-state index contributed by atoms with van der Waals surface area (Å²) in [7, 11) is 0. The van der Waals surface area contributed by atoms with E-state index in [1.165, 1.54) is 0 Å². The van der Waals surface area contributed by atoms with Gasteiger partial charge in [0.15, 0.2) is 0 Å². The summed E-state index contributed by atoms with van der Waals surface area (Å²) in [5.41, 5.74) is 1.51. The van der Waals surface area contributed by atoms with Gasteiger partial charge in [-0.1, -0.05) is 35.9 Å². The molecule has 5 nitrogen and oxygen atoms in total. The molecule has 0 aliphatic rings. The molecular formula is C19H25NO4. The lowest BCUT2D eigenvalue weighted by Crippen LogP contribution is -2.24. The molecule has 5 heteroatoms. The Morgan fingerprint density at radius 3 is 2.21 bits per heavy atom. The zero-order valence-corrected chi connectivity index (χ0v) is 15.2. The highest BCUT2D eigenvalue weighted by Crippen LogP contribution is 2.15. The first-order valence-electron chi connectivity index (χ1n) is 7.90. The predicted octanol–water partition coefficient (Wildman–Crippen LogP) is 4.23. The lowest BCUT2D eigenvalue weighted by molar-refractivity contribution is -0.137. The van der Waals surface area contributed by atoms with Gasteiger partial charge < -0.3 is 9.47 Å². The minimum absolute atomic E-state index is 0.228. The lowest BCUT2D eigenvalue weighted by Gasteiger charge is -2.18. The largest absolute Gasteiger partial charge is 0.462 e. The van der Waals surface area contributed by atoms with Gasteiger partial charge in [0.25, 0.3) is 0 Å². The molecule has 0 aliphatic heterocycles. The highest BCUT2D eigenvalue weighted by Gasteiger charge is 2.22. The molecule has 1 aromatic rings. The van der Waals surface area contributed by atoms with Gasteiger partial charge in [0.2, 0.25) is 0 Å². The minimum atomic E-state index is -0.748. The van der Waals surface area contributed by atoms with Crippen LogP contribution in [0.1, 0.15) is 45.7 Å². The van der Waals surface area contributed by atoms with Crippen LogP contribution in [0.5, 0.6) is 0 Å². The number of rotatable bonds is 4. The van der Waals surface area contributed by atoms with Gasteiger partial charge >= 0.3 is 12.1 Å². The average Bonchev–Trinajstić information content (AvgIpc) is 2.46. The molecule has 0 fully saturated rings. The van der Waals surface area contributed by atoms with Crippen molar-refractivity contribution in [3.8, 4) is 0 Å². The van der Waals surface area contributed by atoms with Crippen molar-refractivity contribution in [2.75, 3.05) is 6.61 Å². The average molecular weight is 331 g/mol. The first-order valence-corrected chi connectivity index (χ1v) is 7.90. The summed E-state index contributed by atoms with van der Waals surface area (Å²) in [5.74, 6) is -0.525. The van der Waals surface area contributed by atoms with Crippen LogP contribution in [-0.4, -0.2) is 30.0 Å². The fourth-order valence-corrected chi connectivity index (χ4v) is 1.93. The number of carbonyl (C=O) groups excluding carboxylic acids is 2. The number of amides is 1. The zero-order chi connectivity index (χ0) is 18.3. The smallest absolute Gasteiger partial charge is 0.434 e. The second kappa shape index (κ2) is 8.43. The summed E-state index contributed by atoms with van der Waals surface area (Å²) in [6, 6.07) is 7.39. The molecule has 0 aliphatic carbocycles. The fraction of sp³-hybridized carbons (Fsp3) is 0.421. The monoisotopic (exact) mass is 331 g/mol. The standard InChI is InChI=1S/C19H25NO4/c1-7-15(17(21)23-8-2)16(14-11-9-13(3)10-12-14)20-18(22)24-19(4,5)6/h7,9-12H,8H2,1-6H3/b15-7+,20-16+. The molecule has 0 radical (unpaired) electrons. The van der Waals surface area contributed by atoms with Crippen LogP contribution < -0.4 is 0 Å². The number of ether oxygens (including phenoxy) is 2. The van der Waals surface area contributed by atoms with Crippen molar-refractivity contribution in [2.24, 2.45) is 4.99 Å². The molecule has 0 unspecified atom stereocenters. The van der Waals surface area contributed by atoms with Crippen molar-refractivity contribution < 1.29 is 19.1 Å². The Hall–Kier alpha value is -2.43. The molecule has 0 heterocycles. The summed E-state index contributed by atoms with van der Waals surface area (Å²) >= 11 is 0. The minimum Gasteiger partial charge on any atom is -0.462 e. The maximum atomic E-state index is 12.2. The highest BCUT2D eigenvalue weighted by atomic mass is 16.6. The molecule has 0 atom stereocenters. The highest BCUT2D eigenvalue weighted by molar-refractivity contribution is 6.28. The number of hydrogen-bond donors (Lipinski definition) is 0. The van der Waals surface area contributed by atoms with E-state index >= 15 is 0 Å². The van der Waals surface area contributed by atoms with E-state index in [1.807, 2.05) is 19.1 Å². The Morgan fingerprint density at radius 2 is 1.75 bits per heavy atom. The molecule has 24 heavy (non-hydrogen) atoms. The predicted molar refractivity (Wildman–Crippen MR) is 94.3 cm³/mol. The van der Waals surface area contributed by atoms with Gasteiger partial charge in [0.05, 0.1) is 17.9 Å². The van der Waals surface area contributed by atoms with Crippen LogP contribution in [0, 0.1) is 6.92 Å². The van der Waals surface area contributed by atoms with E-state index < -0.39 is 17.7 Å². The first kappa shape index (κ1) is 19.6. The lowest BCUT2D eigenvalue weighted by atomic mass is 10.0. The molecule has 1 rings (SSSR count). The third-order valence-electron chi connectivity index (χ3n) is 2.96. The summed E-state index contributed by atoms with van der Waals surface area (Å²) in [6.45, 7) is 10.9. The van der Waals surface area contributed by atoms with Gasteiger partial charge in [-0.25, -0.2) is 9.59 Å². The second-order valence-corrected chi connectivity index (χ2v) is 6.23. The summed E-state index contributed by atoms with van der Waals surface area (Å²) < 4.78 is 10.3. The van der Waals surface area contributed by atoms with Crippen LogP contribution in [-0.2, 0) is 14.3 Å². The molecule has 1 amide bonds. The Bertz CT molecular complexity index is 649. The van der Waals surface area contributed by atoms with E-state index in [1.54, 1.807) is 52.8 Å². The van der Waals surface area contributed by atoms with E-state index in [-0.39, 0.29) is 17.9 Å². The van der Waals surface area contributed by atoms with Gasteiger partial charge in [-0.15, -0.1) is 0 Å². The molecule has 0 spiro atoms. The summed E-state index contributed by atoms with van der Waals surface area (Å²) in [5, 5.41) is 0. The van der Waals surface area contributed by atoms with E-state index in [4.69, 9.17) is 9.47 Å². The number of nitrogens with zero attached hydrogens (tertiary/aromatic N) is 1. The van der Waals surface area contributed by atoms with Gasteiger partial charge in [-0.2, -0.15) is 4.99 Å². The Morgan fingerprint density at radius 1 is 1.17 bits per heavy atom. The SMILES string of the molecule is C/C=C(C(=O)OCC)\C(=N\C(=O)OC(C)(C)C)c1ccc(C)cc1. The third-order valence-corrected chi connectivity index (χ3v) is 2.96.